The number of hydrogen-bond donors (Lipinski definition) is 0. The van der Waals surface area contributed by atoms with Crippen molar-refractivity contribution < 1.29 is 9.59 Å². The molecule has 2 heterocycles. The van der Waals surface area contributed by atoms with Crippen LogP contribution in [0.4, 0.5) is 0 Å². The number of imidazole rings is 1. The van der Waals surface area contributed by atoms with E-state index in [1.165, 1.54) is 0 Å². The SMILES string of the molecule is CCCN(CCC)C(=O)Cn1c(C2CC(=O)N(Cc3ccccc3)C2)nc2ccccc21. The predicted octanol–water partition coefficient (Wildman–Crippen LogP) is 4.20. The van der Waals surface area contributed by atoms with Crippen LogP contribution in [0.5, 0.6) is 0 Å². The van der Waals surface area contributed by atoms with Crippen molar-refractivity contribution in [2.75, 3.05) is 19.6 Å². The van der Waals surface area contributed by atoms with Gasteiger partial charge in [-0.15, -0.1) is 0 Å². The van der Waals surface area contributed by atoms with Gasteiger partial charge in [-0.05, 0) is 30.5 Å². The van der Waals surface area contributed by atoms with Gasteiger partial charge in [-0.2, -0.15) is 0 Å². The molecule has 0 radical (unpaired) electrons. The van der Waals surface area contributed by atoms with Gasteiger partial charge in [-0.25, -0.2) is 4.98 Å². The fraction of sp³-hybridized carbons (Fsp3) is 0.423. The number of likely N-dealkylation sites (tertiary alicyclic amines) is 1. The van der Waals surface area contributed by atoms with Crippen LogP contribution < -0.4 is 0 Å². The van der Waals surface area contributed by atoms with Gasteiger partial charge in [0.25, 0.3) is 0 Å². The minimum Gasteiger partial charge on any atom is -0.341 e. The number of nitrogens with zero attached hydrogens (tertiary/aromatic N) is 4. The van der Waals surface area contributed by atoms with E-state index in [1.807, 2.05) is 69.0 Å². The highest BCUT2D eigenvalue weighted by molar-refractivity contribution is 5.83. The lowest BCUT2D eigenvalue weighted by Gasteiger charge is -2.23. The molecule has 1 atom stereocenters. The van der Waals surface area contributed by atoms with Crippen LogP contribution in [0.25, 0.3) is 11.0 Å². The normalized spacial score (nSPS) is 16.1. The summed E-state index contributed by atoms with van der Waals surface area (Å²) in [5.41, 5.74) is 2.96. The van der Waals surface area contributed by atoms with Crippen LogP contribution in [-0.4, -0.2) is 50.8 Å². The third-order valence-corrected chi connectivity index (χ3v) is 6.11. The zero-order chi connectivity index (χ0) is 22.5. The van der Waals surface area contributed by atoms with E-state index in [-0.39, 0.29) is 24.3 Å². The predicted molar refractivity (Wildman–Crippen MR) is 126 cm³/mol. The molecule has 1 aliphatic heterocycles. The monoisotopic (exact) mass is 432 g/mol. The molecule has 1 unspecified atom stereocenters. The van der Waals surface area contributed by atoms with Crippen molar-refractivity contribution in [1.82, 2.24) is 19.4 Å². The number of carbonyl (C=O) groups is 2. The van der Waals surface area contributed by atoms with Crippen molar-refractivity contribution in [2.45, 2.75) is 52.1 Å². The fourth-order valence-corrected chi connectivity index (χ4v) is 4.61. The van der Waals surface area contributed by atoms with Crippen LogP contribution in [0.3, 0.4) is 0 Å². The molecule has 1 aliphatic rings. The number of carbonyl (C=O) groups excluding carboxylic acids is 2. The van der Waals surface area contributed by atoms with Crippen molar-refractivity contribution in [3.8, 4) is 0 Å². The van der Waals surface area contributed by atoms with Crippen molar-refractivity contribution in [2.24, 2.45) is 0 Å². The molecule has 168 valence electrons. The Labute approximate surface area is 189 Å². The van der Waals surface area contributed by atoms with E-state index in [1.54, 1.807) is 0 Å². The summed E-state index contributed by atoms with van der Waals surface area (Å²) in [5, 5.41) is 0. The van der Waals surface area contributed by atoms with Crippen LogP contribution in [0.1, 0.15) is 50.4 Å². The quantitative estimate of drug-likeness (QED) is 0.509. The molecule has 2 aromatic carbocycles. The maximum Gasteiger partial charge on any atom is 0.242 e. The smallest absolute Gasteiger partial charge is 0.242 e. The molecular formula is C26H32N4O2. The third-order valence-electron chi connectivity index (χ3n) is 6.11. The molecule has 0 bridgehead atoms. The van der Waals surface area contributed by atoms with Crippen molar-refractivity contribution in [1.29, 1.82) is 0 Å². The van der Waals surface area contributed by atoms with E-state index in [0.29, 0.717) is 19.5 Å². The second kappa shape index (κ2) is 9.98. The Balaban J connectivity index is 1.60. The molecule has 32 heavy (non-hydrogen) atoms. The Hall–Kier alpha value is -3.15. The number of aromatic nitrogens is 2. The summed E-state index contributed by atoms with van der Waals surface area (Å²) in [5.74, 6) is 1.08. The number of fused-ring (bicyclic) bond motifs is 1. The van der Waals surface area contributed by atoms with E-state index in [0.717, 1.165) is 48.4 Å². The third kappa shape index (κ3) is 4.69. The lowest BCUT2D eigenvalue weighted by atomic mass is 10.1. The van der Waals surface area contributed by atoms with Crippen molar-refractivity contribution in [3.05, 3.63) is 66.0 Å². The van der Waals surface area contributed by atoms with Crippen LogP contribution in [0, 0.1) is 0 Å². The second-order valence-electron chi connectivity index (χ2n) is 8.59. The summed E-state index contributed by atoms with van der Waals surface area (Å²) >= 11 is 0. The molecule has 3 aromatic rings. The molecule has 0 aliphatic carbocycles. The minimum absolute atomic E-state index is 0.0165. The molecule has 0 spiro atoms. The van der Waals surface area contributed by atoms with Crippen LogP contribution in [-0.2, 0) is 22.7 Å². The zero-order valence-corrected chi connectivity index (χ0v) is 19.0. The first-order chi connectivity index (χ1) is 15.6. The van der Waals surface area contributed by atoms with Gasteiger partial charge in [0.1, 0.15) is 12.4 Å². The number of rotatable bonds is 9. The molecule has 6 heteroatoms. The first-order valence-corrected chi connectivity index (χ1v) is 11.6. The van der Waals surface area contributed by atoms with Gasteiger partial charge in [0, 0.05) is 38.5 Å². The average molecular weight is 433 g/mol. The lowest BCUT2D eigenvalue weighted by molar-refractivity contribution is -0.132. The molecule has 1 saturated heterocycles. The number of hydrogen-bond acceptors (Lipinski definition) is 3. The summed E-state index contributed by atoms with van der Waals surface area (Å²) in [6, 6.07) is 18.0. The van der Waals surface area contributed by atoms with E-state index in [9.17, 15) is 9.59 Å². The Kier molecular flexibility index (Phi) is 6.88. The van der Waals surface area contributed by atoms with Gasteiger partial charge in [-0.1, -0.05) is 56.3 Å². The Morgan fingerprint density at radius 3 is 2.44 bits per heavy atom. The van der Waals surface area contributed by atoms with E-state index in [2.05, 4.69) is 13.8 Å². The topological polar surface area (TPSA) is 58.4 Å². The standard InChI is InChI=1S/C26H32N4O2/c1-3-14-28(15-4-2)25(32)19-30-23-13-9-8-12-22(23)27-26(30)21-16-24(31)29(18-21)17-20-10-6-5-7-11-20/h5-13,21H,3-4,14-19H2,1-2H3. The summed E-state index contributed by atoms with van der Waals surface area (Å²) < 4.78 is 2.04. The Morgan fingerprint density at radius 2 is 1.72 bits per heavy atom. The molecular weight excluding hydrogens is 400 g/mol. The average Bonchev–Trinajstić information content (AvgIpc) is 3.34. The van der Waals surface area contributed by atoms with Gasteiger partial charge in [0.2, 0.25) is 11.8 Å². The molecule has 4 rings (SSSR count). The summed E-state index contributed by atoms with van der Waals surface area (Å²) in [7, 11) is 0. The molecule has 2 amide bonds. The van der Waals surface area contributed by atoms with E-state index in [4.69, 9.17) is 4.98 Å². The summed E-state index contributed by atoms with van der Waals surface area (Å²) in [4.78, 5) is 34.7. The van der Waals surface area contributed by atoms with E-state index >= 15 is 0 Å². The molecule has 1 aromatic heterocycles. The highest BCUT2D eigenvalue weighted by atomic mass is 16.2. The maximum atomic E-state index is 13.2. The van der Waals surface area contributed by atoms with Gasteiger partial charge in [0.05, 0.1) is 11.0 Å². The Bertz CT molecular complexity index is 1070. The van der Waals surface area contributed by atoms with Crippen molar-refractivity contribution in [3.63, 3.8) is 0 Å². The molecule has 6 nitrogen and oxygen atoms in total. The van der Waals surface area contributed by atoms with Crippen molar-refractivity contribution >= 4 is 22.8 Å². The fourth-order valence-electron chi connectivity index (χ4n) is 4.61. The zero-order valence-electron chi connectivity index (χ0n) is 19.0. The molecule has 0 N–H and O–H groups in total. The molecule has 0 saturated carbocycles. The molecule has 1 fully saturated rings. The van der Waals surface area contributed by atoms with Gasteiger partial charge >= 0.3 is 0 Å². The summed E-state index contributed by atoms with van der Waals surface area (Å²) in [6.07, 6.45) is 2.31. The first-order valence-electron chi connectivity index (χ1n) is 11.6. The van der Waals surface area contributed by atoms with E-state index < -0.39 is 0 Å². The van der Waals surface area contributed by atoms with Gasteiger partial charge in [-0.3, -0.25) is 9.59 Å². The minimum atomic E-state index is -0.0165. The van der Waals surface area contributed by atoms with Crippen LogP contribution in [0.15, 0.2) is 54.6 Å². The highest BCUT2D eigenvalue weighted by Crippen LogP contribution is 2.31. The van der Waals surface area contributed by atoms with Gasteiger partial charge < -0.3 is 14.4 Å². The van der Waals surface area contributed by atoms with Crippen LogP contribution in [0.2, 0.25) is 0 Å². The first kappa shape index (κ1) is 22.1. The highest BCUT2D eigenvalue weighted by Gasteiger charge is 2.34. The summed E-state index contributed by atoms with van der Waals surface area (Å²) in [6.45, 7) is 7.22. The number of benzene rings is 2. The Morgan fingerprint density at radius 1 is 1.03 bits per heavy atom. The second-order valence-corrected chi connectivity index (χ2v) is 8.59. The number of para-hydroxylation sites is 2. The van der Waals surface area contributed by atoms with Crippen LogP contribution >= 0.6 is 0 Å². The maximum absolute atomic E-state index is 13.2. The largest absolute Gasteiger partial charge is 0.341 e. The van der Waals surface area contributed by atoms with Gasteiger partial charge in [0.15, 0.2) is 0 Å². The lowest BCUT2D eigenvalue weighted by Crippen LogP contribution is -2.35. The number of amides is 2.